The van der Waals surface area contributed by atoms with E-state index in [-0.39, 0.29) is 16.7 Å². The van der Waals surface area contributed by atoms with E-state index in [1.165, 1.54) is 47.4 Å². The number of amides is 1. The van der Waals surface area contributed by atoms with Crippen molar-refractivity contribution in [2.24, 2.45) is 5.92 Å². The van der Waals surface area contributed by atoms with Crippen molar-refractivity contribution in [1.29, 1.82) is 0 Å². The zero-order chi connectivity index (χ0) is 22.5. The van der Waals surface area contributed by atoms with Gasteiger partial charge in [0.1, 0.15) is 10.8 Å². The minimum atomic E-state index is -0.372. The Hall–Kier alpha value is -2.57. The number of thioether (sulfide) groups is 1. The third kappa shape index (κ3) is 5.61. The maximum atomic E-state index is 13.0. The first-order valence-electron chi connectivity index (χ1n) is 10.3. The molecule has 3 heterocycles. The monoisotopic (exact) mass is 477 g/mol. The smallest absolute Gasteiger partial charge is 0.286 e. The SMILES string of the molecule is CC(C)Cn1c(SCc2nnc(C(=O)Nc3ccc(F)cc3)s2)nnc1N1CCOCC1. The molecule has 1 fully saturated rings. The molecule has 1 aromatic carbocycles. The summed E-state index contributed by atoms with van der Waals surface area (Å²) in [5.41, 5.74) is 0.500. The first-order valence-corrected chi connectivity index (χ1v) is 12.1. The highest BCUT2D eigenvalue weighted by molar-refractivity contribution is 7.98. The molecule has 4 rings (SSSR count). The van der Waals surface area contributed by atoms with Crippen molar-refractivity contribution in [3.8, 4) is 0 Å². The Morgan fingerprint density at radius 3 is 2.66 bits per heavy atom. The number of ether oxygens (including phenoxy) is 1. The first-order chi connectivity index (χ1) is 15.5. The average molecular weight is 478 g/mol. The minimum absolute atomic E-state index is 0.252. The number of hydrogen-bond acceptors (Lipinski definition) is 9. The standard InChI is InChI=1S/C20H24FN7O2S2/c1-13(2)11-28-19(27-7-9-30-10-8-27)25-26-20(28)31-12-16-23-24-18(32-16)17(29)22-15-5-3-14(21)4-6-15/h3-6,13H,7-12H2,1-2H3,(H,22,29). The molecule has 0 unspecified atom stereocenters. The number of carbonyl (C=O) groups is 1. The normalized spacial score (nSPS) is 14.2. The molecule has 0 atom stereocenters. The average Bonchev–Trinajstić information content (AvgIpc) is 3.41. The van der Waals surface area contributed by atoms with Crippen molar-refractivity contribution in [3.05, 3.63) is 40.1 Å². The fourth-order valence-corrected chi connectivity index (χ4v) is 4.82. The molecule has 0 bridgehead atoms. The van der Waals surface area contributed by atoms with Crippen molar-refractivity contribution in [2.75, 3.05) is 36.5 Å². The van der Waals surface area contributed by atoms with Crippen LogP contribution >= 0.6 is 23.1 Å². The largest absolute Gasteiger partial charge is 0.378 e. The number of hydrogen-bond donors (Lipinski definition) is 1. The molecule has 3 aromatic rings. The van der Waals surface area contributed by atoms with Crippen LogP contribution in [0.25, 0.3) is 0 Å². The van der Waals surface area contributed by atoms with E-state index in [2.05, 4.69) is 49.0 Å². The summed E-state index contributed by atoms with van der Waals surface area (Å²) in [6.07, 6.45) is 0. The topological polar surface area (TPSA) is 98.1 Å². The third-order valence-electron chi connectivity index (χ3n) is 4.63. The van der Waals surface area contributed by atoms with Crippen LogP contribution in [0.1, 0.15) is 28.7 Å². The second kappa shape index (κ2) is 10.4. The predicted octanol–water partition coefficient (Wildman–Crippen LogP) is 3.31. The van der Waals surface area contributed by atoms with E-state index >= 15 is 0 Å². The number of benzene rings is 1. The molecule has 1 aliphatic heterocycles. The van der Waals surface area contributed by atoms with Crippen LogP contribution in [0.15, 0.2) is 29.4 Å². The quantitative estimate of drug-likeness (QED) is 0.494. The Bertz CT molecular complexity index is 1050. The Kier molecular flexibility index (Phi) is 7.33. The third-order valence-corrected chi connectivity index (χ3v) is 6.71. The molecule has 0 spiro atoms. The number of aromatic nitrogens is 5. The molecule has 32 heavy (non-hydrogen) atoms. The Labute approximate surface area is 193 Å². The van der Waals surface area contributed by atoms with E-state index in [9.17, 15) is 9.18 Å². The second-order valence-electron chi connectivity index (χ2n) is 7.64. The summed E-state index contributed by atoms with van der Waals surface area (Å²) in [5, 5.41) is 21.4. The Balaban J connectivity index is 1.41. The van der Waals surface area contributed by atoms with Crippen LogP contribution in [-0.4, -0.2) is 57.2 Å². The van der Waals surface area contributed by atoms with Gasteiger partial charge in [-0.05, 0) is 30.2 Å². The lowest BCUT2D eigenvalue weighted by Crippen LogP contribution is -2.38. The van der Waals surface area contributed by atoms with Gasteiger partial charge >= 0.3 is 0 Å². The van der Waals surface area contributed by atoms with E-state index in [1.807, 2.05) is 0 Å². The van der Waals surface area contributed by atoms with Gasteiger partial charge in [-0.2, -0.15) is 0 Å². The molecule has 0 aliphatic carbocycles. The fourth-order valence-electron chi connectivity index (χ4n) is 3.16. The molecule has 1 aliphatic rings. The Morgan fingerprint density at radius 1 is 1.19 bits per heavy atom. The zero-order valence-electron chi connectivity index (χ0n) is 17.8. The van der Waals surface area contributed by atoms with Crippen molar-refractivity contribution in [1.82, 2.24) is 25.0 Å². The predicted molar refractivity (Wildman–Crippen MR) is 122 cm³/mol. The highest BCUT2D eigenvalue weighted by Gasteiger charge is 2.22. The van der Waals surface area contributed by atoms with E-state index in [4.69, 9.17) is 4.74 Å². The molecule has 9 nitrogen and oxygen atoms in total. The van der Waals surface area contributed by atoms with Gasteiger partial charge < -0.3 is 15.0 Å². The lowest BCUT2D eigenvalue weighted by atomic mass is 10.2. The molecule has 12 heteroatoms. The molecule has 2 aromatic heterocycles. The lowest BCUT2D eigenvalue weighted by molar-refractivity contribution is 0.102. The highest BCUT2D eigenvalue weighted by Crippen LogP contribution is 2.28. The maximum absolute atomic E-state index is 13.0. The summed E-state index contributed by atoms with van der Waals surface area (Å²) in [6, 6.07) is 5.57. The molecular formula is C20H24FN7O2S2. The fraction of sp³-hybridized carbons (Fsp3) is 0.450. The molecule has 1 saturated heterocycles. The second-order valence-corrected chi connectivity index (χ2v) is 9.64. The number of rotatable bonds is 8. The summed E-state index contributed by atoms with van der Waals surface area (Å²) in [4.78, 5) is 14.6. The van der Waals surface area contributed by atoms with Crippen LogP contribution in [0.2, 0.25) is 0 Å². The van der Waals surface area contributed by atoms with Gasteiger partial charge in [0.25, 0.3) is 5.91 Å². The van der Waals surface area contributed by atoms with Crippen LogP contribution in [0.5, 0.6) is 0 Å². The first kappa shape index (κ1) is 22.6. The number of carbonyl (C=O) groups excluding carboxylic acids is 1. The van der Waals surface area contributed by atoms with Crippen LogP contribution < -0.4 is 10.2 Å². The van der Waals surface area contributed by atoms with E-state index in [0.717, 1.165) is 30.7 Å². The van der Waals surface area contributed by atoms with Gasteiger partial charge in [0.05, 0.1) is 19.0 Å². The molecule has 1 N–H and O–H groups in total. The summed E-state index contributed by atoms with van der Waals surface area (Å²) < 4.78 is 20.6. The summed E-state index contributed by atoms with van der Waals surface area (Å²) >= 11 is 2.75. The number of morpholine rings is 1. The highest BCUT2D eigenvalue weighted by atomic mass is 32.2. The number of anilines is 2. The van der Waals surface area contributed by atoms with Crippen LogP contribution in [-0.2, 0) is 17.0 Å². The van der Waals surface area contributed by atoms with Gasteiger partial charge in [-0.1, -0.05) is 36.9 Å². The van der Waals surface area contributed by atoms with Gasteiger partial charge in [0.15, 0.2) is 5.16 Å². The van der Waals surface area contributed by atoms with Gasteiger partial charge in [0.2, 0.25) is 11.0 Å². The van der Waals surface area contributed by atoms with Crippen LogP contribution in [0.4, 0.5) is 16.0 Å². The molecule has 0 saturated carbocycles. The van der Waals surface area contributed by atoms with E-state index < -0.39 is 0 Å². The van der Waals surface area contributed by atoms with Gasteiger partial charge in [-0.3, -0.25) is 9.36 Å². The van der Waals surface area contributed by atoms with Crippen molar-refractivity contribution in [3.63, 3.8) is 0 Å². The summed E-state index contributed by atoms with van der Waals surface area (Å²) in [7, 11) is 0. The Morgan fingerprint density at radius 2 is 1.94 bits per heavy atom. The van der Waals surface area contributed by atoms with E-state index in [1.54, 1.807) is 0 Å². The number of nitrogens with one attached hydrogen (secondary N) is 1. The van der Waals surface area contributed by atoms with Crippen molar-refractivity contribution >= 4 is 40.6 Å². The van der Waals surface area contributed by atoms with Gasteiger partial charge in [0, 0.05) is 25.3 Å². The van der Waals surface area contributed by atoms with Crippen molar-refractivity contribution < 1.29 is 13.9 Å². The number of halogens is 1. The number of nitrogens with zero attached hydrogens (tertiary/aromatic N) is 6. The van der Waals surface area contributed by atoms with Crippen LogP contribution in [0, 0.1) is 11.7 Å². The molecule has 0 radical (unpaired) electrons. The van der Waals surface area contributed by atoms with Crippen molar-refractivity contribution in [2.45, 2.75) is 31.3 Å². The minimum Gasteiger partial charge on any atom is -0.378 e. The molecule has 170 valence electrons. The zero-order valence-corrected chi connectivity index (χ0v) is 19.5. The van der Waals surface area contributed by atoms with Crippen LogP contribution in [0.3, 0.4) is 0 Å². The molecule has 1 amide bonds. The molecular weight excluding hydrogens is 453 g/mol. The van der Waals surface area contributed by atoms with Gasteiger partial charge in [-0.25, -0.2) is 4.39 Å². The summed E-state index contributed by atoms with van der Waals surface area (Å²) in [5.74, 6) is 1.10. The van der Waals surface area contributed by atoms with E-state index in [0.29, 0.717) is 35.6 Å². The van der Waals surface area contributed by atoms with Gasteiger partial charge in [-0.15, -0.1) is 20.4 Å². The lowest BCUT2D eigenvalue weighted by Gasteiger charge is -2.28. The maximum Gasteiger partial charge on any atom is 0.286 e. The summed E-state index contributed by atoms with van der Waals surface area (Å²) in [6.45, 7) is 8.09.